The lowest BCUT2D eigenvalue weighted by Crippen LogP contribution is -2.01. The standard InChI is InChI=1S/C15H13BrN4/c1-9-18-14(17)8-15(19-9)20-13-7-6-12(16)10-4-2-3-5-11(10)13/h2-8H,1H3,(H3,17,18,19,20). The second kappa shape index (κ2) is 5.09. The summed E-state index contributed by atoms with van der Waals surface area (Å²) in [6.45, 7) is 1.82. The van der Waals surface area contributed by atoms with E-state index in [0.717, 1.165) is 20.9 Å². The van der Waals surface area contributed by atoms with Crippen LogP contribution in [0.1, 0.15) is 5.82 Å². The Morgan fingerprint density at radius 3 is 2.55 bits per heavy atom. The summed E-state index contributed by atoms with van der Waals surface area (Å²) in [5.41, 5.74) is 6.74. The third-order valence-electron chi connectivity index (χ3n) is 2.99. The minimum atomic E-state index is 0.460. The zero-order valence-corrected chi connectivity index (χ0v) is 12.5. The number of nitrogens with two attached hydrogens (primary N) is 1. The van der Waals surface area contributed by atoms with E-state index in [-0.39, 0.29) is 0 Å². The largest absolute Gasteiger partial charge is 0.384 e. The van der Waals surface area contributed by atoms with E-state index in [4.69, 9.17) is 5.73 Å². The van der Waals surface area contributed by atoms with Crippen LogP contribution in [0.15, 0.2) is 46.9 Å². The summed E-state index contributed by atoms with van der Waals surface area (Å²) in [6.07, 6.45) is 0. The quantitative estimate of drug-likeness (QED) is 0.745. The van der Waals surface area contributed by atoms with Crippen LogP contribution in [-0.2, 0) is 0 Å². The minimum Gasteiger partial charge on any atom is -0.384 e. The molecule has 2 aromatic carbocycles. The van der Waals surface area contributed by atoms with E-state index in [1.54, 1.807) is 6.07 Å². The number of anilines is 3. The van der Waals surface area contributed by atoms with Crippen molar-refractivity contribution in [3.8, 4) is 0 Å². The Hall–Kier alpha value is -2.14. The van der Waals surface area contributed by atoms with Crippen LogP contribution in [-0.4, -0.2) is 9.97 Å². The molecule has 4 nitrogen and oxygen atoms in total. The summed E-state index contributed by atoms with van der Waals surface area (Å²) >= 11 is 3.57. The van der Waals surface area contributed by atoms with Crippen LogP contribution < -0.4 is 11.1 Å². The van der Waals surface area contributed by atoms with Gasteiger partial charge in [0.2, 0.25) is 0 Å². The molecule has 3 rings (SSSR count). The number of benzene rings is 2. The van der Waals surface area contributed by atoms with Gasteiger partial charge in [0.1, 0.15) is 17.5 Å². The van der Waals surface area contributed by atoms with Crippen molar-refractivity contribution < 1.29 is 0 Å². The molecule has 100 valence electrons. The molecule has 1 aromatic heterocycles. The molecule has 0 spiro atoms. The third kappa shape index (κ3) is 2.44. The fourth-order valence-corrected chi connectivity index (χ4v) is 2.64. The summed E-state index contributed by atoms with van der Waals surface area (Å²) < 4.78 is 1.07. The Labute approximate surface area is 125 Å². The van der Waals surface area contributed by atoms with Gasteiger partial charge in [-0.3, -0.25) is 0 Å². The van der Waals surface area contributed by atoms with E-state index in [0.29, 0.717) is 17.5 Å². The van der Waals surface area contributed by atoms with Gasteiger partial charge in [0, 0.05) is 21.6 Å². The fraction of sp³-hybridized carbons (Fsp3) is 0.0667. The second-order valence-corrected chi connectivity index (χ2v) is 5.35. The molecule has 0 saturated carbocycles. The molecule has 3 aromatic rings. The average molecular weight is 329 g/mol. The van der Waals surface area contributed by atoms with Crippen LogP contribution in [0.5, 0.6) is 0 Å². The van der Waals surface area contributed by atoms with E-state index < -0.39 is 0 Å². The van der Waals surface area contributed by atoms with Gasteiger partial charge in [-0.15, -0.1) is 0 Å². The lowest BCUT2D eigenvalue weighted by Gasteiger charge is -2.11. The topological polar surface area (TPSA) is 63.8 Å². The van der Waals surface area contributed by atoms with Crippen molar-refractivity contribution in [3.63, 3.8) is 0 Å². The molecule has 0 radical (unpaired) electrons. The number of nitrogens with one attached hydrogen (secondary N) is 1. The number of aromatic nitrogens is 2. The van der Waals surface area contributed by atoms with Crippen molar-refractivity contribution in [3.05, 3.63) is 52.8 Å². The van der Waals surface area contributed by atoms with Crippen LogP contribution in [0.3, 0.4) is 0 Å². The Bertz CT molecular complexity index is 766. The van der Waals surface area contributed by atoms with Crippen LogP contribution in [0.2, 0.25) is 0 Å². The first kappa shape index (κ1) is 12.9. The number of nitrogens with zero attached hydrogens (tertiary/aromatic N) is 2. The average Bonchev–Trinajstić information content (AvgIpc) is 2.41. The maximum atomic E-state index is 5.75. The van der Waals surface area contributed by atoms with Gasteiger partial charge >= 0.3 is 0 Å². The highest BCUT2D eigenvalue weighted by molar-refractivity contribution is 9.10. The van der Waals surface area contributed by atoms with Crippen LogP contribution >= 0.6 is 15.9 Å². The van der Waals surface area contributed by atoms with E-state index in [2.05, 4.69) is 43.3 Å². The van der Waals surface area contributed by atoms with Crippen molar-refractivity contribution >= 4 is 44.0 Å². The number of nitrogen functional groups attached to an aromatic ring is 1. The first-order valence-electron chi connectivity index (χ1n) is 6.19. The monoisotopic (exact) mass is 328 g/mol. The molecule has 0 saturated heterocycles. The number of rotatable bonds is 2. The highest BCUT2D eigenvalue weighted by atomic mass is 79.9. The van der Waals surface area contributed by atoms with Crippen molar-refractivity contribution in [1.82, 2.24) is 9.97 Å². The van der Waals surface area contributed by atoms with Crippen molar-refractivity contribution in [2.24, 2.45) is 0 Å². The number of hydrogen-bond acceptors (Lipinski definition) is 4. The van der Waals surface area contributed by atoms with Crippen LogP contribution in [0, 0.1) is 6.92 Å². The first-order valence-corrected chi connectivity index (χ1v) is 6.98. The molecule has 5 heteroatoms. The van der Waals surface area contributed by atoms with Crippen molar-refractivity contribution in [2.45, 2.75) is 6.92 Å². The summed E-state index contributed by atoms with van der Waals surface area (Å²) in [4.78, 5) is 8.42. The van der Waals surface area contributed by atoms with E-state index in [9.17, 15) is 0 Å². The highest BCUT2D eigenvalue weighted by Gasteiger charge is 2.06. The second-order valence-electron chi connectivity index (χ2n) is 4.49. The molecule has 0 aliphatic heterocycles. The third-order valence-corrected chi connectivity index (χ3v) is 3.68. The van der Waals surface area contributed by atoms with Gasteiger partial charge in [0.15, 0.2) is 0 Å². The SMILES string of the molecule is Cc1nc(N)cc(Nc2ccc(Br)c3ccccc23)n1. The Kier molecular flexibility index (Phi) is 3.28. The van der Waals surface area contributed by atoms with Gasteiger partial charge in [-0.1, -0.05) is 40.2 Å². The predicted octanol–water partition coefficient (Wildman–Crippen LogP) is 4.03. The van der Waals surface area contributed by atoms with Crippen LogP contribution in [0.4, 0.5) is 17.3 Å². The number of aryl methyl sites for hydroxylation is 1. The van der Waals surface area contributed by atoms with Crippen molar-refractivity contribution in [1.29, 1.82) is 0 Å². The summed E-state index contributed by atoms with van der Waals surface area (Å²) in [7, 11) is 0. The summed E-state index contributed by atoms with van der Waals surface area (Å²) in [5.74, 6) is 1.80. The normalized spacial score (nSPS) is 10.7. The van der Waals surface area contributed by atoms with E-state index in [1.165, 1.54) is 0 Å². The molecule has 0 atom stereocenters. The predicted molar refractivity (Wildman–Crippen MR) is 86.1 cm³/mol. The van der Waals surface area contributed by atoms with Gasteiger partial charge in [0.05, 0.1) is 0 Å². The molecular formula is C15H13BrN4. The maximum absolute atomic E-state index is 5.75. The zero-order valence-electron chi connectivity index (χ0n) is 10.9. The lowest BCUT2D eigenvalue weighted by atomic mass is 10.1. The molecular weight excluding hydrogens is 316 g/mol. The molecule has 1 heterocycles. The molecule has 0 unspecified atom stereocenters. The van der Waals surface area contributed by atoms with Gasteiger partial charge in [0.25, 0.3) is 0 Å². The zero-order chi connectivity index (χ0) is 14.1. The van der Waals surface area contributed by atoms with Gasteiger partial charge in [-0.25, -0.2) is 9.97 Å². The smallest absolute Gasteiger partial charge is 0.136 e. The van der Waals surface area contributed by atoms with Gasteiger partial charge < -0.3 is 11.1 Å². The van der Waals surface area contributed by atoms with Crippen LogP contribution in [0.25, 0.3) is 10.8 Å². The Morgan fingerprint density at radius 2 is 1.80 bits per heavy atom. The fourth-order valence-electron chi connectivity index (χ4n) is 2.16. The van der Waals surface area contributed by atoms with Crippen molar-refractivity contribution in [2.75, 3.05) is 11.1 Å². The number of halogens is 1. The van der Waals surface area contributed by atoms with E-state index >= 15 is 0 Å². The molecule has 0 amide bonds. The minimum absolute atomic E-state index is 0.460. The Morgan fingerprint density at radius 1 is 1.05 bits per heavy atom. The highest BCUT2D eigenvalue weighted by Crippen LogP contribution is 2.31. The summed E-state index contributed by atoms with van der Waals surface area (Å²) in [5, 5.41) is 5.58. The number of fused-ring (bicyclic) bond motifs is 1. The van der Waals surface area contributed by atoms with Gasteiger partial charge in [-0.2, -0.15) is 0 Å². The molecule has 0 bridgehead atoms. The lowest BCUT2D eigenvalue weighted by molar-refractivity contribution is 1.06. The molecule has 3 N–H and O–H groups in total. The molecule has 0 fully saturated rings. The Balaban J connectivity index is 2.09. The first-order chi connectivity index (χ1) is 9.63. The molecule has 0 aliphatic carbocycles. The molecule has 0 aliphatic rings. The van der Waals surface area contributed by atoms with E-state index in [1.807, 2.05) is 31.2 Å². The maximum Gasteiger partial charge on any atom is 0.136 e. The molecule has 20 heavy (non-hydrogen) atoms. The number of hydrogen-bond donors (Lipinski definition) is 2. The summed E-state index contributed by atoms with van der Waals surface area (Å²) in [6, 6.07) is 13.9. The van der Waals surface area contributed by atoms with Gasteiger partial charge in [-0.05, 0) is 24.4 Å².